The summed E-state index contributed by atoms with van der Waals surface area (Å²) in [6.07, 6.45) is 4.15. The maximum atomic E-state index is 13.0. The first-order chi connectivity index (χ1) is 17.6. The molecule has 0 aromatic heterocycles. The molecule has 0 N–H and O–H groups in total. The van der Waals surface area contributed by atoms with Crippen molar-refractivity contribution in [3.05, 3.63) is 107 Å². The molecule has 2 unspecified atom stereocenters. The van der Waals surface area contributed by atoms with Gasteiger partial charge in [0.2, 0.25) is 5.78 Å². The number of hydrogen-bond acceptors (Lipinski definition) is 6. The van der Waals surface area contributed by atoms with Crippen molar-refractivity contribution < 1.29 is 28.6 Å². The molecule has 6 nitrogen and oxygen atoms in total. The lowest BCUT2D eigenvalue weighted by Crippen LogP contribution is -2.30. The van der Waals surface area contributed by atoms with E-state index < -0.39 is 17.8 Å². The Hall–Kier alpha value is -4.19. The number of benzene rings is 3. The Balaban J connectivity index is 1.21. The lowest BCUT2D eigenvalue weighted by molar-refractivity contribution is -0.156. The fourth-order valence-corrected chi connectivity index (χ4v) is 4.71. The number of Topliss-reactive ketones (excluding diaryl/α,β-unsaturated/α-hetero) is 1. The summed E-state index contributed by atoms with van der Waals surface area (Å²) < 4.78 is 16.9. The van der Waals surface area contributed by atoms with Crippen LogP contribution in [0, 0.1) is 11.8 Å². The predicted octanol–water partition coefficient (Wildman–Crippen LogP) is 5.45. The molecule has 2 aliphatic rings. The zero-order chi connectivity index (χ0) is 24.9. The molecule has 0 spiro atoms. The second kappa shape index (κ2) is 10.6. The Labute approximate surface area is 209 Å². The third kappa shape index (κ3) is 5.23. The number of ether oxygens (including phenoxy) is 3. The Morgan fingerprint density at radius 3 is 2.25 bits per heavy atom. The molecule has 3 aromatic rings. The second-order valence-corrected chi connectivity index (χ2v) is 8.99. The Bertz CT molecular complexity index is 1300. The minimum atomic E-state index is -0.545. The molecule has 6 heteroatoms. The summed E-state index contributed by atoms with van der Waals surface area (Å²) >= 11 is 0. The van der Waals surface area contributed by atoms with Crippen molar-refractivity contribution in [1.29, 1.82) is 0 Å². The number of ketones is 1. The van der Waals surface area contributed by atoms with Gasteiger partial charge in [0.15, 0.2) is 5.76 Å². The van der Waals surface area contributed by atoms with E-state index in [4.69, 9.17) is 14.2 Å². The molecular formula is C30H26O6. The van der Waals surface area contributed by atoms with E-state index in [-0.39, 0.29) is 24.1 Å². The van der Waals surface area contributed by atoms with Crippen LogP contribution < -0.4 is 9.47 Å². The maximum absolute atomic E-state index is 13.0. The van der Waals surface area contributed by atoms with Crippen molar-refractivity contribution in [2.45, 2.75) is 32.3 Å². The van der Waals surface area contributed by atoms with Crippen molar-refractivity contribution in [3.63, 3.8) is 0 Å². The molecular weight excluding hydrogens is 456 g/mol. The number of para-hydroxylation sites is 1. The quantitative estimate of drug-likeness (QED) is 0.329. The average Bonchev–Trinajstić information content (AvgIpc) is 3.41. The molecule has 36 heavy (non-hydrogen) atoms. The number of rotatable bonds is 7. The zero-order valence-corrected chi connectivity index (χ0v) is 19.7. The van der Waals surface area contributed by atoms with Gasteiger partial charge in [0.05, 0.1) is 11.8 Å². The van der Waals surface area contributed by atoms with Gasteiger partial charge in [-0.3, -0.25) is 14.4 Å². The summed E-state index contributed by atoms with van der Waals surface area (Å²) in [6.45, 7) is 0.181. The number of carbonyl (C=O) groups is 3. The Morgan fingerprint density at radius 1 is 0.806 bits per heavy atom. The van der Waals surface area contributed by atoms with E-state index in [1.807, 2.05) is 48.5 Å². The van der Waals surface area contributed by atoms with Gasteiger partial charge >= 0.3 is 11.9 Å². The van der Waals surface area contributed by atoms with E-state index >= 15 is 0 Å². The van der Waals surface area contributed by atoms with Crippen LogP contribution in [0.1, 0.15) is 40.7 Å². The third-order valence-electron chi connectivity index (χ3n) is 6.59. The van der Waals surface area contributed by atoms with Gasteiger partial charge in [-0.15, -0.1) is 0 Å². The number of hydrogen-bond donors (Lipinski definition) is 0. The van der Waals surface area contributed by atoms with Crippen LogP contribution >= 0.6 is 0 Å². The van der Waals surface area contributed by atoms with Crippen LogP contribution in [0.3, 0.4) is 0 Å². The SMILES string of the molecule is O=C1C(Oc2ccccc2)=CCc2cc(OC(=O)C3CCCC3C(=O)OCc3ccccc3)ccc21. The fourth-order valence-electron chi connectivity index (χ4n) is 4.71. The minimum Gasteiger partial charge on any atom is -0.461 e. The molecule has 1 fully saturated rings. The normalized spacial score (nSPS) is 18.7. The molecule has 0 saturated heterocycles. The summed E-state index contributed by atoms with van der Waals surface area (Å²) in [5, 5.41) is 0. The monoisotopic (exact) mass is 482 g/mol. The molecule has 182 valence electrons. The van der Waals surface area contributed by atoms with E-state index in [2.05, 4.69) is 0 Å². The molecule has 3 aromatic carbocycles. The summed E-state index contributed by atoms with van der Waals surface area (Å²) in [4.78, 5) is 38.5. The van der Waals surface area contributed by atoms with Crippen LogP contribution in [0.4, 0.5) is 0 Å². The summed E-state index contributed by atoms with van der Waals surface area (Å²) in [5.41, 5.74) is 2.18. The van der Waals surface area contributed by atoms with Crippen LogP contribution in [-0.4, -0.2) is 17.7 Å². The third-order valence-corrected chi connectivity index (χ3v) is 6.59. The van der Waals surface area contributed by atoms with Gasteiger partial charge in [0.1, 0.15) is 18.1 Å². The molecule has 0 amide bonds. The highest BCUT2D eigenvalue weighted by Gasteiger charge is 2.40. The van der Waals surface area contributed by atoms with Crippen molar-refractivity contribution >= 4 is 17.7 Å². The molecule has 0 heterocycles. The van der Waals surface area contributed by atoms with Gasteiger partial charge in [0.25, 0.3) is 0 Å². The first-order valence-corrected chi connectivity index (χ1v) is 12.1. The van der Waals surface area contributed by atoms with Gasteiger partial charge in [-0.05, 0) is 66.8 Å². The number of carbonyl (C=O) groups excluding carboxylic acids is 3. The van der Waals surface area contributed by atoms with Crippen LogP contribution in [-0.2, 0) is 27.4 Å². The van der Waals surface area contributed by atoms with E-state index in [1.54, 1.807) is 36.4 Å². The topological polar surface area (TPSA) is 78.9 Å². The summed E-state index contributed by atoms with van der Waals surface area (Å²) in [7, 11) is 0. The molecule has 0 bridgehead atoms. The highest BCUT2D eigenvalue weighted by molar-refractivity contribution is 6.09. The number of allylic oxidation sites excluding steroid dienone is 2. The number of esters is 2. The molecule has 2 aliphatic carbocycles. The van der Waals surface area contributed by atoms with Crippen LogP contribution in [0.15, 0.2) is 90.7 Å². The summed E-state index contributed by atoms with van der Waals surface area (Å²) in [6, 6.07) is 23.6. The van der Waals surface area contributed by atoms with Gasteiger partial charge in [-0.2, -0.15) is 0 Å². The van der Waals surface area contributed by atoms with Gasteiger partial charge in [0, 0.05) is 5.56 Å². The zero-order valence-electron chi connectivity index (χ0n) is 19.7. The summed E-state index contributed by atoms with van der Waals surface area (Å²) in [5.74, 6) is -0.852. The molecule has 0 aliphatic heterocycles. The smallest absolute Gasteiger partial charge is 0.315 e. The first-order valence-electron chi connectivity index (χ1n) is 12.1. The first kappa shape index (κ1) is 23.5. The second-order valence-electron chi connectivity index (χ2n) is 8.99. The van der Waals surface area contributed by atoms with Crippen molar-refractivity contribution in [2.24, 2.45) is 11.8 Å². The van der Waals surface area contributed by atoms with E-state index in [9.17, 15) is 14.4 Å². The van der Waals surface area contributed by atoms with E-state index in [1.165, 1.54) is 0 Å². The maximum Gasteiger partial charge on any atom is 0.315 e. The van der Waals surface area contributed by atoms with Gasteiger partial charge in [-0.1, -0.05) is 55.0 Å². The van der Waals surface area contributed by atoms with Crippen molar-refractivity contribution in [2.75, 3.05) is 0 Å². The van der Waals surface area contributed by atoms with Gasteiger partial charge in [-0.25, -0.2) is 0 Å². The largest absolute Gasteiger partial charge is 0.461 e. The van der Waals surface area contributed by atoms with E-state index in [0.717, 1.165) is 17.5 Å². The lowest BCUT2D eigenvalue weighted by atomic mass is 9.94. The highest BCUT2D eigenvalue weighted by Crippen LogP contribution is 2.35. The molecule has 5 rings (SSSR count). The number of fused-ring (bicyclic) bond motifs is 1. The van der Waals surface area contributed by atoms with Crippen LogP contribution in [0.5, 0.6) is 11.5 Å². The standard InChI is InChI=1S/C30H26O6/c31-28-24-16-15-23(18-21(24)14-17-27(28)35-22-10-5-2-6-11-22)36-30(33)26-13-7-12-25(26)29(32)34-19-20-8-3-1-4-9-20/h1-6,8-11,15-18,25-26H,7,12-14,19H2. The Kier molecular flexibility index (Phi) is 6.94. The molecule has 0 radical (unpaired) electrons. The van der Waals surface area contributed by atoms with Gasteiger partial charge < -0.3 is 14.2 Å². The van der Waals surface area contributed by atoms with Crippen molar-refractivity contribution in [1.82, 2.24) is 0 Å². The minimum absolute atomic E-state index is 0.181. The lowest BCUT2D eigenvalue weighted by Gasteiger charge is -2.19. The van der Waals surface area contributed by atoms with Crippen molar-refractivity contribution in [3.8, 4) is 11.5 Å². The van der Waals surface area contributed by atoms with Crippen LogP contribution in [0.25, 0.3) is 0 Å². The highest BCUT2D eigenvalue weighted by atomic mass is 16.5. The molecule has 2 atom stereocenters. The van der Waals surface area contributed by atoms with Crippen LogP contribution in [0.2, 0.25) is 0 Å². The van der Waals surface area contributed by atoms with E-state index in [0.29, 0.717) is 36.3 Å². The predicted molar refractivity (Wildman–Crippen MR) is 132 cm³/mol. The average molecular weight is 483 g/mol. The fraction of sp³-hybridized carbons (Fsp3) is 0.233. The Morgan fingerprint density at radius 2 is 1.50 bits per heavy atom. The molecule has 1 saturated carbocycles.